The number of amides is 1. The lowest BCUT2D eigenvalue weighted by Crippen LogP contribution is -2.42. The van der Waals surface area contributed by atoms with Gasteiger partial charge in [0.05, 0.1) is 17.8 Å². The van der Waals surface area contributed by atoms with Gasteiger partial charge in [-0.3, -0.25) is 4.79 Å². The van der Waals surface area contributed by atoms with Crippen molar-refractivity contribution < 1.29 is 22.4 Å². The number of nitrogens with zero attached hydrogens (tertiary/aromatic N) is 1. The smallest absolute Gasteiger partial charge is 0.249 e. The van der Waals surface area contributed by atoms with E-state index in [4.69, 9.17) is 0 Å². The van der Waals surface area contributed by atoms with Gasteiger partial charge in [0.1, 0.15) is 6.17 Å². The highest BCUT2D eigenvalue weighted by Gasteiger charge is 2.47. The zero-order valence-electron chi connectivity index (χ0n) is 15.5. The Balaban J connectivity index is 1.58. The molecule has 1 aromatic heterocycles. The fourth-order valence-electron chi connectivity index (χ4n) is 3.91. The molecule has 2 aromatic rings. The van der Waals surface area contributed by atoms with Crippen LogP contribution in [0.3, 0.4) is 0 Å². The maximum absolute atomic E-state index is 14.6. The number of benzene rings is 1. The van der Waals surface area contributed by atoms with E-state index in [0.29, 0.717) is 5.56 Å². The number of carbonyl (C=O) groups is 1. The SMILES string of the molecule is O=C(N[C@@H](c1ccccc1)c1ccc(C2CC(F)(F)C2)c(F)n1)C1CC(F)CN1. The molecule has 1 aliphatic heterocycles. The Hall–Kier alpha value is -2.48. The Morgan fingerprint density at radius 3 is 2.48 bits per heavy atom. The van der Waals surface area contributed by atoms with Crippen molar-refractivity contribution in [2.45, 2.75) is 49.4 Å². The van der Waals surface area contributed by atoms with E-state index < -0.39 is 42.0 Å². The van der Waals surface area contributed by atoms with Crippen LogP contribution in [0.2, 0.25) is 0 Å². The third-order valence-corrected chi connectivity index (χ3v) is 5.54. The van der Waals surface area contributed by atoms with E-state index in [-0.39, 0.29) is 37.1 Å². The average molecular weight is 407 g/mol. The molecule has 0 radical (unpaired) electrons. The number of halogens is 4. The van der Waals surface area contributed by atoms with Gasteiger partial charge in [-0.05, 0) is 17.5 Å². The number of aromatic nitrogens is 1. The predicted molar refractivity (Wildman–Crippen MR) is 98.8 cm³/mol. The Morgan fingerprint density at radius 1 is 1.17 bits per heavy atom. The van der Waals surface area contributed by atoms with Crippen LogP contribution in [0.1, 0.15) is 48.0 Å². The van der Waals surface area contributed by atoms with Gasteiger partial charge in [-0.15, -0.1) is 0 Å². The first kappa shape index (κ1) is 19.8. The van der Waals surface area contributed by atoms with Crippen molar-refractivity contribution in [3.05, 3.63) is 65.2 Å². The second-order valence-corrected chi connectivity index (χ2v) is 7.72. The molecule has 2 N–H and O–H groups in total. The van der Waals surface area contributed by atoms with E-state index in [1.165, 1.54) is 6.07 Å². The van der Waals surface area contributed by atoms with Crippen molar-refractivity contribution in [2.24, 2.45) is 0 Å². The van der Waals surface area contributed by atoms with E-state index in [2.05, 4.69) is 15.6 Å². The summed E-state index contributed by atoms with van der Waals surface area (Å²) in [7, 11) is 0. The summed E-state index contributed by atoms with van der Waals surface area (Å²) in [6.07, 6.45) is -1.79. The summed E-state index contributed by atoms with van der Waals surface area (Å²) in [6, 6.07) is 10.5. The van der Waals surface area contributed by atoms with E-state index >= 15 is 0 Å². The molecule has 2 aliphatic rings. The Morgan fingerprint density at radius 2 is 1.90 bits per heavy atom. The van der Waals surface area contributed by atoms with Crippen LogP contribution in [0.5, 0.6) is 0 Å². The molecule has 1 amide bonds. The van der Waals surface area contributed by atoms with Crippen LogP contribution in [-0.2, 0) is 4.79 Å². The summed E-state index contributed by atoms with van der Waals surface area (Å²) in [5.74, 6) is -4.51. The summed E-state index contributed by atoms with van der Waals surface area (Å²) in [6.45, 7) is 0.113. The minimum Gasteiger partial charge on any atom is -0.342 e. The quantitative estimate of drug-likeness (QED) is 0.588. The van der Waals surface area contributed by atoms with Crippen LogP contribution in [0, 0.1) is 5.95 Å². The summed E-state index contributed by atoms with van der Waals surface area (Å²) in [5, 5.41) is 5.63. The zero-order chi connectivity index (χ0) is 20.6. The van der Waals surface area contributed by atoms with Crippen molar-refractivity contribution in [2.75, 3.05) is 6.54 Å². The first-order chi connectivity index (χ1) is 13.8. The number of hydrogen-bond acceptors (Lipinski definition) is 3. The molecule has 1 aromatic carbocycles. The fourth-order valence-corrected chi connectivity index (χ4v) is 3.91. The van der Waals surface area contributed by atoms with E-state index in [1.54, 1.807) is 30.3 Å². The molecule has 2 unspecified atom stereocenters. The van der Waals surface area contributed by atoms with Crippen LogP contribution in [0.4, 0.5) is 17.6 Å². The van der Waals surface area contributed by atoms with Crippen molar-refractivity contribution in [3.63, 3.8) is 0 Å². The van der Waals surface area contributed by atoms with Crippen molar-refractivity contribution in [3.8, 4) is 0 Å². The zero-order valence-corrected chi connectivity index (χ0v) is 15.5. The molecular weight excluding hydrogens is 386 g/mol. The number of rotatable bonds is 5. The van der Waals surface area contributed by atoms with Crippen LogP contribution in [-0.4, -0.2) is 35.6 Å². The molecule has 2 heterocycles. The van der Waals surface area contributed by atoms with Gasteiger partial charge in [-0.1, -0.05) is 36.4 Å². The molecule has 0 spiro atoms. The summed E-state index contributed by atoms with van der Waals surface area (Å²) in [4.78, 5) is 16.6. The molecule has 2 fully saturated rings. The van der Waals surface area contributed by atoms with E-state index in [0.717, 1.165) is 0 Å². The first-order valence-corrected chi connectivity index (χ1v) is 9.59. The maximum Gasteiger partial charge on any atom is 0.249 e. The second-order valence-electron chi connectivity index (χ2n) is 7.72. The molecule has 1 saturated heterocycles. The van der Waals surface area contributed by atoms with Gasteiger partial charge in [0.2, 0.25) is 17.8 Å². The minimum atomic E-state index is -2.75. The lowest BCUT2D eigenvalue weighted by Gasteiger charge is -2.35. The average Bonchev–Trinajstić information content (AvgIpc) is 3.11. The molecule has 8 heteroatoms. The fraction of sp³-hybridized carbons (Fsp3) is 0.429. The monoisotopic (exact) mass is 407 g/mol. The molecule has 29 heavy (non-hydrogen) atoms. The molecule has 154 valence electrons. The van der Waals surface area contributed by atoms with Gasteiger partial charge in [0, 0.05) is 31.4 Å². The van der Waals surface area contributed by atoms with Crippen molar-refractivity contribution in [1.82, 2.24) is 15.6 Å². The van der Waals surface area contributed by atoms with E-state index in [9.17, 15) is 22.4 Å². The highest BCUT2D eigenvalue weighted by molar-refractivity contribution is 5.83. The molecule has 1 saturated carbocycles. The van der Waals surface area contributed by atoms with Crippen LogP contribution in [0.15, 0.2) is 42.5 Å². The molecule has 4 rings (SSSR count). The molecule has 1 aliphatic carbocycles. The molecule has 0 bridgehead atoms. The lowest BCUT2D eigenvalue weighted by molar-refractivity contribution is -0.123. The Kier molecular flexibility index (Phi) is 5.29. The van der Waals surface area contributed by atoms with Gasteiger partial charge >= 0.3 is 0 Å². The molecular formula is C21H21F4N3O. The topological polar surface area (TPSA) is 54.0 Å². The maximum atomic E-state index is 14.6. The normalized spacial score (nSPS) is 24.7. The number of carbonyl (C=O) groups excluding carboxylic acids is 1. The number of nitrogens with one attached hydrogen (secondary N) is 2. The van der Waals surface area contributed by atoms with E-state index in [1.807, 2.05) is 6.07 Å². The third kappa shape index (κ3) is 4.27. The van der Waals surface area contributed by atoms with Crippen molar-refractivity contribution in [1.29, 1.82) is 0 Å². The second kappa shape index (κ2) is 7.74. The number of alkyl halides is 3. The van der Waals surface area contributed by atoms with Crippen LogP contribution < -0.4 is 10.6 Å². The number of pyridine rings is 1. The predicted octanol–water partition coefficient (Wildman–Crippen LogP) is 3.64. The first-order valence-electron chi connectivity index (χ1n) is 9.59. The van der Waals surface area contributed by atoms with Crippen molar-refractivity contribution >= 4 is 5.91 Å². The Labute approximate surface area is 165 Å². The largest absolute Gasteiger partial charge is 0.342 e. The van der Waals surface area contributed by atoms with Gasteiger partial charge in [0.25, 0.3) is 0 Å². The van der Waals surface area contributed by atoms with Crippen LogP contribution in [0.25, 0.3) is 0 Å². The Bertz CT molecular complexity index is 885. The molecule has 3 atom stereocenters. The molecule has 4 nitrogen and oxygen atoms in total. The standard InChI is InChI=1S/C21H21F4N3O/c22-14-8-17(26-11-14)20(29)28-18(12-4-2-1-3-5-12)16-7-6-15(19(23)27-16)13-9-21(24,25)10-13/h1-7,13-14,17-18,26H,8-11H2,(H,28,29)/t14?,17?,18-/m0/s1. The van der Waals surface area contributed by atoms with Gasteiger partial charge in [0.15, 0.2) is 0 Å². The highest BCUT2D eigenvalue weighted by atomic mass is 19.3. The summed E-state index contributed by atoms with van der Waals surface area (Å²) in [5.41, 5.74) is 1.10. The third-order valence-electron chi connectivity index (χ3n) is 5.54. The summed E-state index contributed by atoms with van der Waals surface area (Å²) < 4.78 is 54.3. The summed E-state index contributed by atoms with van der Waals surface area (Å²) >= 11 is 0. The van der Waals surface area contributed by atoms with Gasteiger partial charge < -0.3 is 10.6 Å². The minimum absolute atomic E-state index is 0.0734. The lowest BCUT2D eigenvalue weighted by atomic mass is 9.77. The highest BCUT2D eigenvalue weighted by Crippen LogP contribution is 2.48. The number of hydrogen-bond donors (Lipinski definition) is 2. The van der Waals surface area contributed by atoms with Gasteiger partial charge in [-0.2, -0.15) is 4.39 Å². The van der Waals surface area contributed by atoms with Crippen LogP contribution >= 0.6 is 0 Å². The van der Waals surface area contributed by atoms with Gasteiger partial charge in [-0.25, -0.2) is 18.2 Å².